The highest BCUT2D eigenvalue weighted by Gasteiger charge is 2.39. The van der Waals surface area contributed by atoms with Crippen LogP contribution in [0.25, 0.3) is 10.8 Å². The molecule has 25 heavy (non-hydrogen) atoms. The Bertz CT molecular complexity index is 952. The van der Waals surface area contributed by atoms with Gasteiger partial charge in [0.05, 0.1) is 10.6 Å². The van der Waals surface area contributed by atoms with Crippen molar-refractivity contribution in [2.24, 2.45) is 11.7 Å². The number of hydrogen-bond acceptors (Lipinski definition) is 4. The summed E-state index contributed by atoms with van der Waals surface area (Å²) in [4.78, 5) is 14.9. The lowest BCUT2D eigenvalue weighted by molar-refractivity contribution is -0.130. The maximum Gasteiger partial charge on any atom is 0.265 e. The van der Waals surface area contributed by atoms with E-state index >= 15 is 0 Å². The van der Waals surface area contributed by atoms with E-state index in [2.05, 4.69) is 0 Å². The van der Waals surface area contributed by atoms with Crippen LogP contribution in [-0.2, 0) is 14.8 Å². The predicted octanol–water partition coefficient (Wildman–Crippen LogP) is 1.54. The van der Waals surface area contributed by atoms with Gasteiger partial charge in [-0.05, 0) is 43.3 Å². The number of benzene rings is 2. The summed E-state index contributed by atoms with van der Waals surface area (Å²) in [6.07, 6.45) is 0.866. The Morgan fingerprint density at radius 1 is 1.24 bits per heavy atom. The van der Waals surface area contributed by atoms with Crippen molar-refractivity contribution in [3.05, 3.63) is 36.4 Å². The van der Waals surface area contributed by atoms with Gasteiger partial charge in [0.2, 0.25) is 5.91 Å². The van der Waals surface area contributed by atoms with Crippen molar-refractivity contribution in [2.45, 2.75) is 24.3 Å². The normalized spacial score (nSPS) is 24.2. The highest BCUT2D eigenvalue weighted by Crippen LogP contribution is 2.42. The fraction of sp³-hybridized carbons (Fsp3) is 0.389. The smallest absolute Gasteiger partial charge is 0.265 e. The first-order chi connectivity index (χ1) is 11.9. The lowest BCUT2D eigenvalue weighted by Crippen LogP contribution is -2.43. The van der Waals surface area contributed by atoms with E-state index in [1.165, 1.54) is 4.31 Å². The van der Waals surface area contributed by atoms with Crippen LogP contribution < -0.4 is 10.0 Å². The quantitative estimate of drug-likeness (QED) is 0.901. The van der Waals surface area contributed by atoms with Gasteiger partial charge in [-0.1, -0.05) is 24.3 Å². The molecule has 2 N–H and O–H groups in total. The number of nitrogens with two attached hydrogens (primary N) is 1. The van der Waals surface area contributed by atoms with E-state index in [1.54, 1.807) is 23.1 Å². The Morgan fingerprint density at radius 3 is 2.64 bits per heavy atom. The van der Waals surface area contributed by atoms with Crippen molar-refractivity contribution in [1.29, 1.82) is 0 Å². The zero-order valence-corrected chi connectivity index (χ0v) is 14.9. The third-order valence-electron chi connectivity index (χ3n) is 5.28. The van der Waals surface area contributed by atoms with E-state index in [0.29, 0.717) is 24.2 Å². The molecule has 0 saturated carbocycles. The van der Waals surface area contributed by atoms with Gasteiger partial charge in [-0.2, -0.15) is 0 Å². The van der Waals surface area contributed by atoms with Crippen LogP contribution in [0.4, 0.5) is 5.69 Å². The minimum atomic E-state index is -3.70. The number of rotatable bonds is 3. The lowest BCUT2D eigenvalue weighted by atomic mass is 10.1. The molecule has 1 fully saturated rings. The number of carbonyl (C=O) groups is 1. The van der Waals surface area contributed by atoms with Crippen LogP contribution >= 0.6 is 0 Å². The molecule has 2 aliphatic heterocycles. The van der Waals surface area contributed by atoms with Gasteiger partial charge >= 0.3 is 0 Å². The van der Waals surface area contributed by atoms with Crippen molar-refractivity contribution in [1.82, 2.24) is 4.90 Å². The molecular formula is C18H21N3O3S. The topological polar surface area (TPSA) is 83.7 Å². The van der Waals surface area contributed by atoms with Crippen molar-refractivity contribution < 1.29 is 13.2 Å². The highest BCUT2D eigenvalue weighted by molar-refractivity contribution is 7.93. The van der Waals surface area contributed by atoms with Crippen LogP contribution in [0.2, 0.25) is 0 Å². The maximum atomic E-state index is 13.0. The Labute approximate surface area is 147 Å². The van der Waals surface area contributed by atoms with Crippen LogP contribution in [0.1, 0.15) is 13.3 Å². The highest BCUT2D eigenvalue weighted by atomic mass is 32.2. The van der Waals surface area contributed by atoms with Gasteiger partial charge in [-0.25, -0.2) is 8.42 Å². The van der Waals surface area contributed by atoms with Crippen LogP contribution in [0.15, 0.2) is 41.3 Å². The number of anilines is 1. The summed E-state index contributed by atoms with van der Waals surface area (Å²) < 4.78 is 27.2. The predicted molar refractivity (Wildman–Crippen MR) is 96.8 cm³/mol. The van der Waals surface area contributed by atoms with Crippen molar-refractivity contribution in [3.8, 4) is 0 Å². The number of likely N-dealkylation sites (tertiary alicyclic amines) is 1. The zero-order chi connectivity index (χ0) is 17.8. The molecular weight excluding hydrogens is 338 g/mol. The molecule has 2 unspecified atom stereocenters. The summed E-state index contributed by atoms with van der Waals surface area (Å²) >= 11 is 0. The number of sulfonamides is 1. The summed E-state index contributed by atoms with van der Waals surface area (Å²) in [7, 11) is -3.70. The molecule has 6 nitrogen and oxygen atoms in total. The Hall–Kier alpha value is -2.12. The Kier molecular flexibility index (Phi) is 3.73. The summed E-state index contributed by atoms with van der Waals surface area (Å²) in [5, 5.41) is 1.57. The van der Waals surface area contributed by atoms with Gasteiger partial charge in [-0.3, -0.25) is 9.10 Å². The molecule has 1 saturated heterocycles. The van der Waals surface area contributed by atoms with Gasteiger partial charge < -0.3 is 10.6 Å². The number of nitrogens with zero attached hydrogens (tertiary/aromatic N) is 2. The van der Waals surface area contributed by atoms with Crippen molar-refractivity contribution in [2.75, 3.05) is 23.9 Å². The van der Waals surface area contributed by atoms with E-state index in [9.17, 15) is 13.2 Å². The third kappa shape index (κ3) is 2.41. The average Bonchev–Trinajstić information content (AvgIpc) is 3.08. The number of hydrogen-bond donors (Lipinski definition) is 1. The molecule has 7 heteroatoms. The van der Waals surface area contributed by atoms with Crippen LogP contribution in [0, 0.1) is 5.92 Å². The van der Waals surface area contributed by atoms with Gasteiger partial charge in [0.25, 0.3) is 10.0 Å². The molecule has 2 aliphatic rings. The summed E-state index contributed by atoms with van der Waals surface area (Å²) in [5.41, 5.74) is 6.32. The SMILES string of the molecule is CC1CC(CN)CN1C(=O)CN1c2cccc3cccc(c23)S1(=O)=O. The average molecular weight is 359 g/mol. The molecule has 132 valence electrons. The second-order valence-corrected chi connectivity index (χ2v) is 8.71. The molecule has 0 radical (unpaired) electrons. The summed E-state index contributed by atoms with van der Waals surface area (Å²) in [5.74, 6) is 0.117. The first-order valence-corrected chi connectivity index (χ1v) is 9.91. The number of amides is 1. The Morgan fingerprint density at radius 2 is 1.96 bits per heavy atom. The van der Waals surface area contributed by atoms with Gasteiger partial charge in [-0.15, -0.1) is 0 Å². The molecule has 2 aromatic carbocycles. The maximum absolute atomic E-state index is 13.0. The van der Waals surface area contributed by atoms with Crippen molar-refractivity contribution in [3.63, 3.8) is 0 Å². The van der Waals surface area contributed by atoms with E-state index in [1.807, 2.05) is 25.1 Å². The van der Waals surface area contributed by atoms with Gasteiger partial charge in [0.15, 0.2) is 0 Å². The minimum absolute atomic E-state index is 0.0875. The van der Waals surface area contributed by atoms with Crippen LogP contribution in [-0.4, -0.2) is 44.9 Å². The second-order valence-electron chi connectivity index (χ2n) is 6.88. The zero-order valence-electron chi connectivity index (χ0n) is 14.1. The molecule has 1 amide bonds. The third-order valence-corrected chi connectivity index (χ3v) is 7.08. The van der Waals surface area contributed by atoms with E-state index < -0.39 is 10.0 Å². The molecule has 4 rings (SSSR count). The standard InChI is InChI=1S/C18H21N3O3S/c1-12-8-13(9-19)10-20(12)17(22)11-21-15-6-2-4-14-5-3-7-16(18(14)15)25(21,23)24/h2-7,12-13H,8-11,19H2,1H3. The molecule has 2 heterocycles. The van der Waals surface area contributed by atoms with Crippen LogP contribution in [0.5, 0.6) is 0 Å². The fourth-order valence-corrected chi connectivity index (χ4v) is 5.66. The van der Waals surface area contributed by atoms with Gasteiger partial charge in [0, 0.05) is 18.0 Å². The van der Waals surface area contributed by atoms with Gasteiger partial charge in [0.1, 0.15) is 6.54 Å². The van der Waals surface area contributed by atoms with E-state index in [0.717, 1.165) is 11.8 Å². The largest absolute Gasteiger partial charge is 0.338 e. The molecule has 0 bridgehead atoms. The fourth-order valence-electron chi connectivity index (χ4n) is 4.00. The first-order valence-electron chi connectivity index (χ1n) is 8.47. The summed E-state index contributed by atoms with van der Waals surface area (Å²) in [6.45, 7) is 2.96. The molecule has 0 spiro atoms. The first kappa shape index (κ1) is 16.4. The van der Waals surface area contributed by atoms with Crippen LogP contribution in [0.3, 0.4) is 0 Å². The molecule has 2 aromatic rings. The molecule has 0 aliphatic carbocycles. The second kappa shape index (κ2) is 5.71. The Balaban J connectivity index is 1.68. The molecule has 2 atom stereocenters. The van der Waals surface area contributed by atoms with E-state index in [4.69, 9.17) is 5.73 Å². The summed E-state index contributed by atoms with van der Waals surface area (Å²) in [6, 6.07) is 10.8. The van der Waals surface area contributed by atoms with Crippen molar-refractivity contribution >= 4 is 32.4 Å². The van der Waals surface area contributed by atoms with E-state index in [-0.39, 0.29) is 29.3 Å². The lowest BCUT2D eigenvalue weighted by Gasteiger charge is -2.25. The number of carbonyl (C=O) groups excluding carboxylic acids is 1. The minimum Gasteiger partial charge on any atom is -0.338 e. The molecule has 0 aromatic heterocycles. The monoisotopic (exact) mass is 359 g/mol.